The Kier molecular flexibility index (Phi) is 4.50. The molecular weight excluding hydrogens is 330 g/mol. The molecule has 7 heteroatoms. The van der Waals surface area contributed by atoms with Crippen molar-refractivity contribution in [1.82, 2.24) is 20.2 Å². The Labute approximate surface area is 154 Å². The number of hydrogen-bond acceptors (Lipinski definition) is 5. The molecule has 3 aliphatic rings. The summed E-state index contributed by atoms with van der Waals surface area (Å²) in [6, 6.07) is 0.138. The maximum absolute atomic E-state index is 12.4. The molecule has 0 aromatic carbocycles. The molecule has 1 spiro atoms. The lowest BCUT2D eigenvalue weighted by Gasteiger charge is -2.35. The van der Waals surface area contributed by atoms with Crippen LogP contribution in [0.5, 0.6) is 0 Å². The number of hydrogen-bond donors (Lipinski definition) is 2. The van der Waals surface area contributed by atoms with Crippen LogP contribution in [0, 0.1) is 12.8 Å². The van der Waals surface area contributed by atoms with Gasteiger partial charge in [0.2, 0.25) is 5.95 Å². The van der Waals surface area contributed by atoms with Crippen LogP contribution in [-0.4, -0.2) is 53.2 Å². The molecule has 1 aromatic heterocycles. The fourth-order valence-electron chi connectivity index (χ4n) is 3.96. The van der Waals surface area contributed by atoms with Gasteiger partial charge in [-0.15, -0.1) is 0 Å². The second kappa shape index (κ2) is 6.68. The first-order valence-electron chi connectivity index (χ1n) is 9.72. The topological polar surface area (TPSA) is 79.4 Å². The van der Waals surface area contributed by atoms with E-state index in [1.54, 1.807) is 0 Å². The van der Waals surface area contributed by atoms with Crippen molar-refractivity contribution >= 4 is 12.0 Å². The SMILES string of the molecule is Cc1nc(NCC2CC2)nc2c1COC[C@]21CCN(C(=O)NC(C)C)C1. The lowest BCUT2D eigenvalue weighted by atomic mass is 9.80. The number of nitrogens with zero attached hydrogens (tertiary/aromatic N) is 3. The molecule has 1 atom stereocenters. The summed E-state index contributed by atoms with van der Waals surface area (Å²) in [5.74, 6) is 1.49. The Bertz CT molecular complexity index is 703. The van der Waals surface area contributed by atoms with E-state index in [-0.39, 0.29) is 17.5 Å². The molecule has 2 aliphatic heterocycles. The van der Waals surface area contributed by atoms with Gasteiger partial charge in [0.15, 0.2) is 0 Å². The maximum atomic E-state index is 12.4. The molecule has 2 N–H and O–H groups in total. The minimum Gasteiger partial charge on any atom is -0.376 e. The van der Waals surface area contributed by atoms with Gasteiger partial charge in [0.25, 0.3) is 0 Å². The maximum Gasteiger partial charge on any atom is 0.317 e. The largest absolute Gasteiger partial charge is 0.376 e. The van der Waals surface area contributed by atoms with Gasteiger partial charge in [0.1, 0.15) is 0 Å². The molecule has 1 saturated carbocycles. The van der Waals surface area contributed by atoms with Crippen LogP contribution in [-0.2, 0) is 16.8 Å². The number of aryl methyl sites for hydroxylation is 1. The molecule has 0 bridgehead atoms. The normalized spacial score (nSPS) is 24.8. The smallest absolute Gasteiger partial charge is 0.317 e. The Morgan fingerprint density at radius 3 is 2.92 bits per heavy atom. The van der Waals surface area contributed by atoms with Crippen LogP contribution in [0.15, 0.2) is 0 Å². The number of aromatic nitrogens is 2. The van der Waals surface area contributed by atoms with Crippen molar-refractivity contribution in [3.63, 3.8) is 0 Å². The number of fused-ring (bicyclic) bond motifs is 2. The minimum atomic E-state index is -0.217. The summed E-state index contributed by atoms with van der Waals surface area (Å²) in [5.41, 5.74) is 2.94. The molecule has 3 heterocycles. The van der Waals surface area contributed by atoms with Crippen molar-refractivity contribution in [3.05, 3.63) is 17.0 Å². The number of carbonyl (C=O) groups excluding carboxylic acids is 1. The fourth-order valence-corrected chi connectivity index (χ4v) is 3.96. The summed E-state index contributed by atoms with van der Waals surface area (Å²) in [7, 11) is 0. The van der Waals surface area contributed by atoms with Gasteiger partial charge in [-0.05, 0) is 46.0 Å². The molecular formula is C19H29N5O2. The third kappa shape index (κ3) is 3.37. The molecule has 142 valence electrons. The summed E-state index contributed by atoms with van der Waals surface area (Å²) < 4.78 is 5.91. The van der Waals surface area contributed by atoms with Crippen molar-refractivity contribution in [1.29, 1.82) is 0 Å². The summed E-state index contributed by atoms with van der Waals surface area (Å²) >= 11 is 0. The van der Waals surface area contributed by atoms with E-state index in [1.165, 1.54) is 12.8 Å². The van der Waals surface area contributed by atoms with Gasteiger partial charge in [-0.25, -0.2) is 14.8 Å². The lowest BCUT2D eigenvalue weighted by molar-refractivity contribution is 0.0514. The van der Waals surface area contributed by atoms with Gasteiger partial charge >= 0.3 is 6.03 Å². The van der Waals surface area contributed by atoms with Crippen molar-refractivity contribution in [3.8, 4) is 0 Å². The van der Waals surface area contributed by atoms with Gasteiger partial charge in [-0.2, -0.15) is 0 Å². The molecule has 7 nitrogen and oxygen atoms in total. The molecule has 2 fully saturated rings. The van der Waals surface area contributed by atoms with E-state index in [4.69, 9.17) is 9.72 Å². The number of nitrogens with one attached hydrogen (secondary N) is 2. The van der Waals surface area contributed by atoms with Gasteiger partial charge in [-0.3, -0.25) is 0 Å². The van der Waals surface area contributed by atoms with Crippen molar-refractivity contribution in [2.75, 3.05) is 31.6 Å². The summed E-state index contributed by atoms with van der Waals surface area (Å²) in [6.07, 6.45) is 3.48. The zero-order valence-corrected chi connectivity index (χ0v) is 16.0. The molecule has 2 amide bonds. The number of carbonyl (C=O) groups is 1. The Hall–Kier alpha value is -1.89. The standard InChI is InChI=1S/C19H29N5O2/c1-12(2)21-18(25)24-7-6-19(10-24)11-26-9-15-13(3)22-17(23-16(15)19)20-8-14-4-5-14/h12,14H,4-11H2,1-3H3,(H,21,25)(H,20,22,23)/t19-/m1/s1. The third-order valence-electron chi connectivity index (χ3n) is 5.64. The van der Waals surface area contributed by atoms with Gasteiger partial charge in [-0.1, -0.05) is 0 Å². The van der Waals surface area contributed by atoms with Crippen LogP contribution in [0.4, 0.5) is 10.7 Å². The average molecular weight is 359 g/mol. The molecule has 1 saturated heterocycles. The van der Waals surface area contributed by atoms with E-state index >= 15 is 0 Å². The van der Waals surface area contributed by atoms with E-state index in [0.29, 0.717) is 19.8 Å². The van der Waals surface area contributed by atoms with Crippen LogP contribution in [0.25, 0.3) is 0 Å². The first-order valence-corrected chi connectivity index (χ1v) is 9.72. The van der Waals surface area contributed by atoms with Crippen molar-refractivity contribution < 1.29 is 9.53 Å². The number of anilines is 1. The minimum absolute atomic E-state index is 0.00172. The van der Waals surface area contributed by atoms with Gasteiger partial charge in [0, 0.05) is 36.9 Å². The van der Waals surface area contributed by atoms with Crippen LogP contribution in [0.1, 0.15) is 50.1 Å². The first-order chi connectivity index (χ1) is 12.5. The number of ether oxygens (including phenoxy) is 1. The van der Waals surface area contributed by atoms with Crippen LogP contribution in [0.3, 0.4) is 0 Å². The van der Waals surface area contributed by atoms with E-state index < -0.39 is 0 Å². The summed E-state index contributed by atoms with van der Waals surface area (Å²) in [4.78, 5) is 23.9. The number of likely N-dealkylation sites (tertiary alicyclic amines) is 1. The van der Waals surface area contributed by atoms with Gasteiger partial charge in [0.05, 0.1) is 24.3 Å². The van der Waals surface area contributed by atoms with Crippen molar-refractivity contribution in [2.24, 2.45) is 5.92 Å². The monoisotopic (exact) mass is 359 g/mol. The van der Waals surface area contributed by atoms with E-state index in [1.807, 2.05) is 25.7 Å². The van der Waals surface area contributed by atoms with Crippen LogP contribution in [0.2, 0.25) is 0 Å². The molecule has 4 rings (SSSR count). The number of rotatable bonds is 4. The van der Waals surface area contributed by atoms with Crippen LogP contribution >= 0.6 is 0 Å². The quantitative estimate of drug-likeness (QED) is 0.862. The van der Waals surface area contributed by atoms with E-state index in [0.717, 1.165) is 48.3 Å². The highest BCUT2D eigenvalue weighted by Crippen LogP contribution is 2.40. The summed E-state index contributed by atoms with van der Waals surface area (Å²) in [6.45, 7) is 9.50. The average Bonchev–Trinajstić information content (AvgIpc) is 3.33. The fraction of sp³-hybridized carbons (Fsp3) is 0.737. The van der Waals surface area contributed by atoms with Crippen LogP contribution < -0.4 is 10.6 Å². The zero-order chi connectivity index (χ0) is 18.3. The third-order valence-corrected chi connectivity index (χ3v) is 5.64. The Morgan fingerprint density at radius 1 is 1.38 bits per heavy atom. The predicted octanol–water partition coefficient (Wildman–Crippen LogP) is 2.20. The highest BCUT2D eigenvalue weighted by molar-refractivity contribution is 5.75. The molecule has 0 radical (unpaired) electrons. The highest BCUT2D eigenvalue weighted by atomic mass is 16.5. The highest BCUT2D eigenvalue weighted by Gasteiger charge is 2.46. The van der Waals surface area contributed by atoms with E-state index in [2.05, 4.69) is 15.6 Å². The Morgan fingerprint density at radius 2 is 2.19 bits per heavy atom. The first kappa shape index (κ1) is 17.5. The number of urea groups is 1. The lowest BCUT2D eigenvalue weighted by Crippen LogP contribution is -2.46. The molecule has 0 unspecified atom stereocenters. The van der Waals surface area contributed by atoms with E-state index in [9.17, 15) is 4.79 Å². The zero-order valence-electron chi connectivity index (χ0n) is 16.0. The predicted molar refractivity (Wildman–Crippen MR) is 99.2 cm³/mol. The molecule has 1 aromatic rings. The van der Waals surface area contributed by atoms with Gasteiger partial charge < -0.3 is 20.3 Å². The molecule has 26 heavy (non-hydrogen) atoms. The second-order valence-electron chi connectivity index (χ2n) is 8.33. The Balaban J connectivity index is 1.58. The number of amides is 2. The molecule has 1 aliphatic carbocycles. The summed E-state index contributed by atoms with van der Waals surface area (Å²) in [5, 5.41) is 6.40. The second-order valence-corrected chi connectivity index (χ2v) is 8.33. The van der Waals surface area contributed by atoms with Crippen molar-refractivity contribution in [2.45, 2.75) is 58.1 Å².